The SMILES string of the molecule is O=C(/C=C\n1nc(-c2ccccc2C(F)(F)F)nc1-c1ccccc1C(F)(F)F)N1CCCN1. The number of hydrogen-bond acceptors (Lipinski definition) is 4. The molecule has 0 radical (unpaired) electrons. The van der Waals surface area contributed by atoms with Crippen molar-refractivity contribution in [2.75, 3.05) is 13.1 Å². The standard InChI is InChI=1S/C22H17F6N5O/c23-21(24,25)16-8-3-1-6-14(16)19-30-20(15-7-2-4-9-17(15)22(26,27)28)33(31-19)13-10-18(34)32-12-5-11-29-32/h1-4,6-10,13,29H,5,11-12H2/b13-10-. The van der Waals surface area contributed by atoms with Gasteiger partial charge in [-0.3, -0.25) is 9.80 Å². The third-order valence-corrected chi connectivity index (χ3v) is 5.06. The van der Waals surface area contributed by atoms with Crippen LogP contribution in [0, 0.1) is 0 Å². The molecule has 6 nitrogen and oxygen atoms in total. The number of nitrogens with one attached hydrogen (secondary N) is 1. The third-order valence-electron chi connectivity index (χ3n) is 5.06. The molecule has 34 heavy (non-hydrogen) atoms. The van der Waals surface area contributed by atoms with Crippen molar-refractivity contribution in [3.8, 4) is 22.8 Å². The number of hydrogen-bond donors (Lipinski definition) is 1. The minimum absolute atomic E-state index is 0.363. The third kappa shape index (κ3) is 4.81. The molecule has 1 aromatic heterocycles. The lowest BCUT2D eigenvalue weighted by atomic mass is 10.1. The van der Waals surface area contributed by atoms with E-state index in [1.165, 1.54) is 29.3 Å². The van der Waals surface area contributed by atoms with E-state index in [4.69, 9.17) is 0 Å². The van der Waals surface area contributed by atoms with Crippen LogP contribution in [0.25, 0.3) is 29.0 Å². The van der Waals surface area contributed by atoms with Crippen molar-refractivity contribution in [1.82, 2.24) is 25.2 Å². The number of rotatable bonds is 4. The molecule has 1 aliphatic rings. The Hall–Kier alpha value is -3.67. The van der Waals surface area contributed by atoms with Crippen molar-refractivity contribution in [3.05, 3.63) is 65.7 Å². The van der Waals surface area contributed by atoms with Crippen LogP contribution in [0.3, 0.4) is 0 Å². The zero-order valence-corrected chi connectivity index (χ0v) is 17.4. The number of benzene rings is 2. The summed E-state index contributed by atoms with van der Waals surface area (Å²) in [4.78, 5) is 16.4. The summed E-state index contributed by atoms with van der Waals surface area (Å²) in [6.07, 6.45) is -6.62. The van der Waals surface area contributed by atoms with Gasteiger partial charge in [-0.1, -0.05) is 36.4 Å². The van der Waals surface area contributed by atoms with Gasteiger partial charge in [-0.05, 0) is 18.6 Å². The quantitative estimate of drug-likeness (QED) is 0.427. The number of carbonyl (C=O) groups excluding carboxylic acids is 1. The van der Waals surface area contributed by atoms with E-state index < -0.39 is 46.3 Å². The lowest BCUT2D eigenvalue weighted by Crippen LogP contribution is -2.35. The van der Waals surface area contributed by atoms with Gasteiger partial charge in [0.2, 0.25) is 0 Å². The monoisotopic (exact) mass is 481 g/mol. The topological polar surface area (TPSA) is 63.1 Å². The average molecular weight is 481 g/mol. The molecule has 1 aliphatic heterocycles. The maximum atomic E-state index is 13.6. The van der Waals surface area contributed by atoms with E-state index in [-0.39, 0.29) is 5.82 Å². The van der Waals surface area contributed by atoms with E-state index in [0.717, 1.165) is 47.6 Å². The molecule has 1 fully saturated rings. The maximum Gasteiger partial charge on any atom is 0.417 e. The largest absolute Gasteiger partial charge is 0.417 e. The van der Waals surface area contributed by atoms with Crippen LogP contribution in [0.1, 0.15) is 17.5 Å². The predicted molar refractivity (Wildman–Crippen MR) is 111 cm³/mol. The minimum Gasteiger partial charge on any atom is -0.274 e. The second-order valence-electron chi connectivity index (χ2n) is 7.36. The molecule has 0 atom stereocenters. The molecule has 178 valence electrons. The molecular weight excluding hydrogens is 464 g/mol. The summed E-state index contributed by atoms with van der Waals surface area (Å²) in [5.41, 5.74) is -0.0390. The van der Waals surface area contributed by atoms with E-state index in [1.807, 2.05) is 0 Å². The van der Waals surface area contributed by atoms with E-state index in [1.54, 1.807) is 0 Å². The summed E-state index contributed by atoms with van der Waals surface area (Å²) in [5.74, 6) is -1.28. The second kappa shape index (κ2) is 8.93. The lowest BCUT2D eigenvalue weighted by molar-refractivity contribution is -0.137. The number of amides is 1. The molecule has 2 aromatic carbocycles. The van der Waals surface area contributed by atoms with E-state index >= 15 is 0 Å². The highest BCUT2D eigenvalue weighted by Gasteiger charge is 2.36. The molecule has 0 saturated carbocycles. The molecular formula is C22H17F6N5O. The van der Waals surface area contributed by atoms with Crippen LogP contribution in [0.5, 0.6) is 0 Å². The molecule has 1 amide bonds. The van der Waals surface area contributed by atoms with Gasteiger partial charge in [-0.25, -0.2) is 15.1 Å². The number of aromatic nitrogens is 3. The summed E-state index contributed by atoms with van der Waals surface area (Å²) in [6, 6.07) is 8.99. The number of hydrazine groups is 1. The summed E-state index contributed by atoms with van der Waals surface area (Å²) in [6.45, 7) is 1.03. The molecule has 0 spiro atoms. The number of alkyl halides is 6. The normalized spacial score (nSPS) is 14.8. The summed E-state index contributed by atoms with van der Waals surface area (Å²) in [7, 11) is 0. The van der Waals surface area contributed by atoms with Crippen molar-refractivity contribution >= 4 is 12.1 Å². The van der Waals surface area contributed by atoms with Gasteiger partial charge in [0.15, 0.2) is 11.6 Å². The Morgan fingerprint density at radius 1 is 0.912 bits per heavy atom. The zero-order valence-electron chi connectivity index (χ0n) is 17.4. The van der Waals surface area contributed by atoms with Gasteiger partial charge in [-0.15, -0.1) is 5.10 Å². The first-order chi connectivity index (χ1) is 16.1. The summed E-state index contributed by atoms with van der Waals surface area (Å²) in [5, 5.41) is 5.33. The van der Waals surface area contributed by atoms with Crippen LogP contribution in [-0.4, -0.2) is 38.8 Å². The Kier molecular flexibility index (Phi) is 6.17. The highest BCUT2D eigenvalue weighted by molar-refractivity contribution is 5.90. The van der Waals surface area contributed by atoms with Gasteiger partial charge in [0.1, 0.15) is 0 Å². The Morgan fingerprint density at radius 2 is 1.50 bits per heavy atom. The van der Waals surface area contributed by atoms with Gasteiger partial charge in [0, 0.05) is 36.5 Å². The van der Waals surface area contributed by atoms with Crippen LogP contribution in [0.15, 0.2) is 54.6 Å². The van der Waals surface area contributed by atoms with E-state index in [2.05, 4.69) is 15.5 Å². The number of nitrogens with zero attached hydrogens (tertiary/aromatic N) is 4. The van der Waals surface area contributed by atoms with E-state index in [0.29, 0.717) is 13.1 Å². The van der Waals surface area contributed by atoms with Crippen molar-refractivity contribution in [2.45, 2.75) is 18.8 Å². The fourth-order valence-corrected chi connectivity index (χ4v) is 3.52. The Morgan fingerprint density at radius 3 is 2.09 bits per heavy atom. The van der Waals surface area contributed by atoms with Crippen LogP contribution in [-0.2, 0) is 17.1 Å². The predicted octanol–water partition coefficient (Wildman–Crippen LogP) is 4.86. The Bertz CT molecular complexity index is 1230. The van der Waals surface area contributed by atoms with Crippen LogP contribution in [0.2, 0.25) is 0 Å². The smallest absolute Gasteiger partial charge is 0.274 e. The molecule has 0 bridgehead atoms. The first kappa shape index (κ1) is 23.5. The molecule has 1 N–H and O–H groups in total. The lowest BCUT2D eigenvalue weighted by Gasteiger charge is -2.13. The van der Waals surface area contributed by atoms with Crippen LogP contribution in [0.4, 0.5) is 26.3 Å². The van der Waals surface area contributed by atoms with Gasteiger partial charge in [0.25, 0.3) is 5.91 Å². The van der Waals surface area contributed by atoms with Gasteiger partial charge < -0.3 is 0 Å². The zero-order chi connectivity index (χ0) is 24.5. The van der Waals surface area contributed by atoms with Crippen LogP contribution >= 0.6 is 0 Å². The van der Waals surface area contributed by atoms with Crippen LogP contribution < -0.4 is 5.43 Å². The molecule has 0 unspecified atom stereocenters. The highest BCUT2D eigenvalue weighted by Crippen LogP contribution is 2.39. The summed E-state index contributed by atoms with van der Waals surface area (Å²) >= 11 is 0. The Labute approximate surface area is 189 Å². The van der Waals surface area contributed by atoms with Crippen molar-refractivity contribution in [1.29, 1.82) is 0 Å². The Balaban J connectivity index is 1.86. The molecule has 1 saturated heterocycles. The summed E-state index contributed by atoms with van der Waals surface area (Å²) < 4.78 is 82.4. The average Bonchev–Trinajstić information content (AvgIpc) is 3.47. The fraction of sp³-hybridized carbons (Fsp3) is 0.227. The van der Waals surface area contributed by atoms with Crippen molar-refractivity contribution in [2.24, 2.45) is 0 Å². The van der Waals surface area contributed by atoms with Crippen molar-refractivity contribution < 1.29 is 31.1 Å². The van der Waals surface area contributed by atoms with Crippen molar-refractivity contribution in [3.63, 3.8) is 0 Å². The fourth-order valence-electron chi connectivity index (χ4n) is 3.52. The minimum atomic E-state index is -4.75. The molecule has 3 aromatic rings. The highest BCUT2D eigenvalue weighted by atomic mass is 19.4. The molecule has 12 heteroatoms. The first-order valence-electron chi connectivity index (χ1n) is 10.1. The van der Waals surface area contributed by atoms with E-state index in [9.17, 15) is 31.1 Å². The number of halogens is 6. The van der Waals surface area contributed by atoms with Gasteiger partial charge in [-0.2, -0.15) is 26.3 Å². The number of carbonyl (C=O) groups is 1. The molecule has 0 aliphatic carbocycles. The second-order valence-corrected chi connectivity index (χ2v) is 7.36. The van der Waals surface area contributed by atoms with Gasteiger partial charge in [0.05, 0.1) is 11.1 Å². The molecule has 2 heterocycles. The molecule has 4 rings (SSSR count). The maximum absolute atomic E-state index is 13.6. The van der Waals surface area contributed by atoms with Gasteiger partial charge >= 0.3 is 12.4 Å². The first-order valence-corrected chi connectivity index (χ1v) is 10.1.